The van der Waals surface area contributed by atoms with Gasteiger partial charge in [-0.1, -0.05) is 39.0 Å². The molecule has 15 atom stereocenters. The first-order valence-corrected chi connectivity index (χ1v) is 15.9. The van der Waals surface area contributed by atoms with Crippen LogP contribution in [0.4, 0.5) is 0 Å². The number of aliphatic hydroxyl groups is 8. The van der Waals surface area contributed by atoms with Crippen LogP contribution >= 0.6 is 0 Å². The lowest BCUT2D eigenvalue weighted by Gasteiger charge is -2.47. The van der Waals surface area contributed by atoms with E-state index in [1.54, 1.807) is 0 Å². The number of hydrogen-bond acceptors (Lipinski definition) is 16. The Morgan fingerprint density at radius 3 is 1.91 bits per heavy atom. The number of amides is 1. The molecule has 0 bridgehead atoms. The standard InChI is InChI=1S/C29H53NO16/c1-4-5-6-7-8-9-10-41-28-25(39)23(37)20(34)17(44-28)13-42-29-26(24(38)21(35)16(45-29)12-40-3)46-27-18(30-14(2)32)22(36)19(33)15(11-31)43-27/h15-29,31,33-39H,4-13H2,1-3H3,(H,30,32)/t15-,16-,17-,18-,19-,20-,21-,22-,23+,24+,25-,26+,27+,28-,29+/m1/s1. The van der Waals surface area contributed by atoms with Crippen LogP contribution in [0.2, 0.25) is 0 Å². The normalized spacial score (nSPS) is 41.8. The Balaban J connectivity index is 1.72. The molecule has 46 heavy (non-hydrogen) atoms. The fourth-order valence-electron chi connectivity index (χ4n) is 5.69. The summed E-state index contributed by atoms with van der Waals surface area (Å²) in [7, 11) is 1.35. The summed E-state index contributed by atoms with van der Waals surface area (Å²) in [6.07, 6.45) is -14.9. The molecule has 3 heterocycles. The van der Waals surface area contributed by atoms with Gasteiger partial charge in [0.2, 0.25) is 5.91 Å². The smallest absolute Gasteiger partial charge is 0.217 e. The van der Waals surface area contributed by atoms with Gasteiger partial charge in [0.25, 0.3) is 0 Å². The third-order valence-corrected chi connectivity index (χ3v) is 8.39. The van der Waals surface area contributed by atoms with Crippen molar-refractivity contribution in [3.8, 4) is 0 Å². The van der Waals surface area contributed by atoms with Gasteiger partial charge < -0.3 is 79.3 Å². The second-order valence-corrected chi connectivity index (χ2v) is 12.0. The van der Waals surface area contributed by atoms with E-state index in [0.29, 0.717) is 6.42 Å². The largest absolute Gasteiger partial charge is 0.394 e. The first-order valence-electron chi connectivity index (χ1n) is 15.9. The summed E-state index contributed by atoms with van der Waals surface area (Å²) < 4.78 is 39.7. The predicted molar refractivity (Wildman–Crippen MR) is 155 cm³/mol. The monoisotopic (exact) mass is 671 g/mol. The van der Waals surface area contributed by atoms with Crippen molar-refractivity contribution in [1.82, 2.24) is 5.32 Å². The van der Waals surface area contributed by atoms with Gasteiger partial charge in [0.15, 0.2) is 18.9 Å². The topological polar surface area (TPSA) is 256 Å². The summed E-state index contributed by atoms with van der Waals surface area (Å²) in [5, 5.41) is 86.5. The summed E-state index contributed by atoms with van der Waals surface area (Å²) in [6.45, 7) is 2.17. The molecule has 3 saturated heterocycles. The molecule has 1 amide bonds. The van der Waals surface area contributed by atoms with Crippen molar-refractivity contribution in [1.29, 1.82) is 0 Å². The number of carbonyl (C=O) groups is 1. The van der Waals surface area contributed by atoms with Crippen LogP contribution in [0.1, 0.15) is 52.4 Å². The van der Waals surface area contributed by atoms with Crippen molar-refractivity contribution >= 4 is 5.91 Å². The summed E-state index contributed by atoms with van der Waals surface area (Å²) in [4.78, 5) is 11.9. The molecule has 0 aromatic carbocycles. The van der Waals surface area contributed by atoms with Gasteiger partial charge in [-0.15, -0.1) is 0 Å². The highest BCUT2D eigenvalue weighted by Crippen LogP contribution is 2.31. The van der Waals surface area contributed by atoms with Crippen LogP contribution < -0.4 is 5.32 Å². The number of methoxy groups -OCH3 is 1. The van der Waals surface area contributed by atoms with E-state index in [9.17, 15) is 45.6 Å². The minimum absolute atomic E-state index is 0.168. The van der Waals surface area contributed by atoms with E-state index in [0.717, 1.165) is 39.0 Å². The summed E-state index contributed by atoms with van der Waals surface area (Å²) in [5.74, 6) is -0.609. The van der Waals surface area contributed by atoms with E-state index >= 15 is 0 Å². The Morgan fingerprint density at radius 2 is 1.26 bits per heavy atom. The third kappa shape index (κ3) is 10.2. The Hall–Kier alpha value is -1.13. The number of carbonyl (C=O) groups excluding carboxylic acids is 1. The lowest BCUT2D eigenvalue weighted by atomic mass is 9.95. The number of rotatable bonds is 17. The average Bonchev–Trinajstić information content (AvgIpc) is 3.03. The molecule has 270 valence electrons. The van der Waals surface area contributed by atoms with E-state index in [4.69, 9.17) is 33.2 Å². The van der Waals surface area contributed by atoms with Crippen molar-refractivity contribution in [3.63, 3.8) is 0 Å². The van der Waals surface area contributed by atoms with Gasteiger partial charge in [0.05, 0.1) is 19.8 Å². The fourth-order valence-corrected chi connectivity index (χ4v) is 5.69. The molecule has 0 saturated carbocycles. The van der Waals surface area contributed by atoms with Gasteiger partial charge in [-0.25, -0.2) is 0 Å². The zero-order chi connectivity index (χ0) is 34.0. The molecule has 0 spiro atoms. The first kappa shape index (κ1) is 39.3. The van der Waals surface area contributed by atoms with Crippen LogP contribution in [-0.4, -0.2) is 172 Å². The highest BCUT2D eigenvalue weighted by molar-refractivity contribution is 5.73. The van der Waals surface area contributed by atoms with Crippen molar-refractivity contribution in [2.75, 3.05) is 33.5 Å². The van der Waals surface area contributed by atoms with Gasteiger partial charge >= 0.3 is 0 Å². The van der Waals surface area contributed by atoms with Crippen molar-refractivity contribution < 1.29 is 78.8 Å². The Morgan fingerprint density at radius 1 is 0.674 bits per heavy atom. The first-order chi connectivity index (χ1) is 21.9. The van der Waals surface area contributed by atoms with E-state index in [1.807, 2.05) is 0 Å². The van der Waals surface area contributed by atoms with E-state index in [-0.39, 0.29) is 13.2 Å². The van der Waals surface area contributed by atoms with Crippen LogP contribution in [0.5, 0.6) is 0 Å². The van der Waals surface area contributed by atoms with Crippen LogP contribution in [0, 0.1) is 0 Å². The fraction of sp³-hybridized carbons (Fsp3) is 0.966. The van der Waals surface area contributed by atoms with Crippen molar-refractivity contribution in [2.24, 2.45) is 0 Å². The zero-order valence-corrected chi connectivity index (χ0v) is 26.6. The SMILES string of the molecule is CCCCCCCCO[C@@H]1O[C@H](CO[C@H]2O[C@H](COC)[C@@H](O)[C@H](O)[C@@H]2O[C@@H]2O[C@H](CO)[C@@H](O)[C@H](O)[C@H]2NC(C)=O)[C@@H](O)[C@H](O)[C@H]1O. The number of hydrogen-bond donors (Lipinski definition) is 9. The van der Waals surface area contributed by atoms with Crippen LogP contribution in [-0.2, 0) is 38.0 Å². The zero-order valence-electron chi connectivity index (χ0n) is 26.6. The number of nitrogens with one attached hydrogen (secondary N) is 1. The summed E-state index contributed by atoms with van der Waals surface area (Å²) >= 11 is 0. The second kappa shape index (κ2) is 19.2. The van der Waals surface area contributed by atoms with E-state index < -0.39 is 111 Å². The van der Waals surface area contributed by atoms with Crippen LogP contribution in [0.3, 0.4) is 0 Å². The van der Waals surface area contributed by atoms with Gasteiger partial charge in [0, 0.05) is 20.6 Å². The molecule has 3 rings (SSSR count). The number of unbranched alkanes of at least 4 members (excludes halogenated alkanes) is 5. The number of aliphatic hydroxyl groups excluding tert-OH is 8. The highest BCUT2D eigenvalue weighted by atomic mass is 16.8. The molecule has 9 N–H and O–H groups in total. The Kier molecular flexibility index (Phi) is 16.4. The molecule has 3 aliphatic heterocycles. The van der Waals surface area contributed by atoms with E-state index in [2.05, 4.69) is 12.2 Å². The molecule has 0 aliphatic carbocycles. The van der Waals surface area contributed by atoms with Crippen molar-refractivity contribution in [2.45, 2.75) is 144 Å². The van der Waals surface area contributed by atoms with Gasteiger partial charge in [0.1, 0.15) is 73.2 Å². The molecule has 17 heteroatoms. The molecule has 0 aromatic heterocycles. The van der Waals surface area contributed by atoms with E-state index in [1.165, 1.54) is 7.11 Å². The third-order valence-electron chi connectivity index (χ3n) is 8.39. The van der Waals surface area contributed by atoms with Gasteiger partial charge in [-0.05, 0) is 6.42 Å². The molecule has 17 nitrogen and oxygen atoms in total. The van der Waals surface area contributed by atoms with Crippen LogP contribution in [0.25, 0.3) is 0 Å². The molecular formula is C29H53NO16. The molecule has 3 fully saturated rings. The summed E-state index contributed by atoms with van der Waals surface area (Å²) in [6, 6.07) is -1.37. The van der Waals surface area contributed by atoms with Crippen LogP contribution in [0.15, 0.2) is 0 Å². The molecule has 0 unspecified atom stereocenters. The molecule has 3 aliphatic rings. The molecule has 0 aromatic rings. The molecule has 0 radical (unpaired) electrons. The lowest BCUT2D eigenvalue weighted by Crippen LogP contribution is -2.68. The summed E-state index contributed by atoms with van der Waals surface area (Å²) in [5.41, 5.74) is 0. The Bertz CT molecular complexity index is 888. The average molecular weight is 672 g/mol. The van der Waals surface area contributed by atoms with Crippen molar-refractivity contribution in [3.05, 3.63) is 0 Å². The maximum Gasteiger partial charge on any atom is 0.217 e. The lowest BCUT2D eigenvalue weighted by molar-refractivity contribution is -0.363. The Labute approximate surface area is 268 Å². The minimum atomic E-state index is -1.71. The van der Waals surface area contributed by atoms with Gasteiger partial charge in [-0.3, -0.25) is 4.79 Å². The maximum absolute atomic E-state index is 11.9. The molecular weight excluding hydrogens is 618 g/mol. The second-order valence-electron chi connectivity index (χ2n) is 12.0. The highest BCUT2D eigenvalue weighted by Gasteiger charge is 2.52. The quantitative estimate of drug-likeness (QED) is 0.0683. The minimum Gasteiger partial charge on any atom is -0.394 e. The number of ether oxygens (including phenoxy) is 7. The predicted octanol–water partition coefficient (Wildman–Crippen LogP) is -3.39. The maximum atomic E-state index is 11.9. The van der Waals surface area contributed by atoms with Gasteiger partial charge in [-0.2, -0.15) is 0 Å².